The summed E-state index contributed by atoms with van der Waals surface area (Å²) in [6, 6.07) is 0. The number of likely N-dealkylation sites (tertiary alicyclic amines) is 1. The van der Waals surface area contributed by atoms with Crippen molar-refractivity contribution in [3.63, 3.8) is 0 Å². The molecule has 0 unspecified atom stereocenters. The van der Waals surface area contributed by atoms with Gasteiger partial charge >= 0.3 is 0 Å². The Bertz CT molecular complexity index is 560. The minimum Gasteiger partial charge on any atom is -0.359 e. The van der Waals surface area contributed by atoms with Crippen molar-refractivity contribution < 1.29 is 4.79 Å². The van der Waals surface area contributed by atoms with E-state index < -0.39 is 0 Å². The van der Waals surface area contributed by atoms with Crippen LogP contribution in [0.5, 0.6) is 0 Å². The second-order valence-electron chi connectivity index (χ2n) is 6.66. The highest BCUT2D eigenvalue weighted by Crippen LogP contribution is 2.20. The van der Waals surface area contributed by atoms with Crippen molar-refractivity contribution in [1.29, 1.82) is 0 Å². The molecule has 25 heavy (non-hydrogen) atoms. The number of aryl methyl sites for hydroxylation is 2. The van der Waals surface area contributed by atoms with E-state index in [0.717, 1.165) is 63.6 Å². The molecule has 7 nitrogen and oxygen atoms in total. The van der Waals surface area contributed by atoms with Crippen LogP contribution in [0, 0.1) is 12.8 Å². The first-order valence-corrected chi connectivity index (χ1v) is 9.28. The zero-order chi connectivity index (χ0) is 18.1. The third-order valence-electron chi connectivity index (χ3n) is 4.91. The molecule has 1 aliphatic heterocycles. The number of guanidine groups is 1. The van der Waals surface area contributed by atoms with Crippen LogP contribution < -0.4 is 10.6 Å². The standard InChI is InChI=1S/C18H32N6O/c1-15-21-9-13-23(15)10-5-4-8-22-18(20-3)24-11-6-16(7-12-24)14-17(25)19-2/h9,13,16H,4-8,10-12,14H2,1-3H3,(H,19,25)(H,20,22). The molecular weight excluding hydrogens is 316 g/mol. The highest BCUT2D eigenvalue weighted by molar-refractivity contribution is 5.80. The molecule has 0 atom stereocenters. The van der Waals surface area contributed by atoms with E-state index in [1.54, 1.807) is 7.05 Å². The summed E-state index contributed by atoms with van der Waals surface area (Å²) >= 11 is 0. The average Bonchev–Trinajstić information content (AvgIpc) is 3.04. The van der Waals surface area contributed by atoms with Crippen molar-refractivity contribution >= 4 is 11.9 Å². The van der Waals surface area contributed by atoms with Crippen LogP contribution in [-0.4, -0.2) is 60.0 Å². The first-order chi connectivity index (χ1) is 12.1. The monoisotopic (exact) mass is 348 g/mol. The van der Waals surface area contributed by atoms with Crippen LogP contribution in [-0.2, 0) is 11.3 Å². The minimum absolute atomic E-state index is 0.147. The Morgan fingerprint density at radius 1 is 1.36 bits per heavy atom. The average molecular weight is 348 g/mol. The Kier molecular flexibility index (Phi) is 7.76. The number of amides is 1. The van der Waals surface area contributed by atoms with Crippen LogP contribution in [0.4, 0.5) is 0 Å². The number of piperidine rings is 1. The quantitative estimate of drug-likeness (QED) is 0.444. The summed E-state index contributed by atoms with van der Waals surface area (Å²) in [5.74, 6) is 2.70. The molecule has 7 heteroatoms. The van der Waals surface area contributed by atoms with Gasteiger partial charge < -0.3 is 20.1 Å². The van der Waals surface area contributed by atoms with E-state index in [-0.39, 0.29) is 5.91 Å². The van der Waals surface area contributed by atoms with Gasteiger partial charge in [0, 0.05) is 59.1 Å². The summed E-state index contributed by atoms with van der Waals surface area (Å²) in [7, 11) is 3.55. The van der Waals surface area contributed by atoms with Gasteiger partial charge in [-0.15, -0.1) is 0 Å². The van der Waals surface area contributed by atoms with E-state index in [0.29, 0.717) is 12.3 Å². The molecule has 0 radical (unpaired) electrons. The Morgan fingerprint density at radius 3 is 2.72 bits per heavy atom. The van der Waals surface area contributed by atoms with Gasteiger partial charge in [0.2, 0.25) is 5.91 Å². The smallest absolute Gasteiger partial charge is 0.220 e. The fourth-order valence-electron chi connectivity index (χ4n) is 3.29. The fourth-order valence-corrected chi connectivity index (χ4v) is 3.29. The molecule has 2 N–H and O–H groups in total. The molecule has 1 saturated heterocycles. The molecule has 0 saturated carbocycles. The second kappa shape index (κ2) is 10.1. The fraction of sp³-hybridized carbons (Fsp3) is 0.722. The van der Waals surface area contributed by atoms with Crippen LogP contribution in [0.2, 0.25) is 0 Å². The predicted octanol–water partition coefficient (Wildman–Crippen LogP) is 1.40. The summed E-state index contributed by atoms with van der Waals surface area (Å²) in [6.07, 6.45) is 8.85. The number of aromatic nitrogens is 2. The molecule has 0 spiro atoms. The molecule has 1 aromatic heterocycles. The number of hydrogen-bond donors (Lipinski definition) is 2. The number of nitrogens with zero attached hydrogens (tertiary/aromatic N) is 4. The lowest BCUT2D eigenvalue weighted by Gasteiger charge is -2.34. The lowest BCUT2D eigenvalue weighted by Crippen LogP contribution is -2.46. The lowest BCUT2D eigenvalue weighted by atomic mass is 9.93. The zero-order valence-corrected chi connectivity index (χ0v) is 15.8. The molecular formula is C18H32N6O. The number of rotatable bonds is 7. The van der Waals surface area contributed by atoms with E-state index in [1.165, 1.54) is 0 Å². The normalized spacial score (nSPS) is 16.1. The predicted molar refractivity (Wildman–Crippen MR) is 101 cm³/mol. The van der Waals surface area contributed by atoms with Gasteiger partial charge in [-0.2, -0.15) is 0 Å². The van der Waals surface area contributed by atoms with Gasteiger partial charge in [0.15, 0.2) is 5.96 Å². The third kappa shape index (κ3) is 6.07. The van der Waals surface area contributed by atoms with Gasteiger partial charge in [-0.25, -0.2) is 4.98 Å². The Hall–Kier alpha value is -2.05. The minimum atomic E-state index is 0.147. The number of unbranched alkanes of at least 4 members (excludes halogenated alkanes) is 1. The molecule has 0 bridgehead atoms. The van der Waals surface area contributed by atoms with Gasteiger partial charge in [-0.1, -0.05) is 0 Å². The van der Waals surface area contributed by atoms with Crippen molar-refractivity contribution in [3.05, 3.63) is 18.2 Å². The molecule has 2 heterocycles. The molecule has 1 fully saturated rings. The highest BCUT2D eigenvalue weighted by Gasteiger charge is 2.22. The van der Waals surface area contributed by atoms with E-state index in [9.17, 15) is 4.79 Å². The van der Waals surface area contributed by atoms with Gasteiger partial charge in [0.05, 0.1) is 0 Å². The maximum absolute atomic E-state index is 11.5. The molecule has 1 aliphatic rings. The number of imidazole rings is 1. The molecule has 2 rings (SSSR count). The largest absolute Gasteiger partial charge is 0.359 e. The van der Waals surface area contributed by atoms with Crippen molar-refractivity contribution in [2.75, 3.05) is 33.7 Å². The van der Waals surface area contributed by atoms with Gasteiger partial charge in [0.25, 0.3) is 0 Å². The molecule has 1 amide bonds. The Balaban J connectivity index is 1.64. The lowest BCUT2D eigenvalue weighted by molar-refractivity contribution is -0.121. The van der Waals surface area contributed by atoms with Gasteiger partial charge in [-0.05, 0) is 38.5 Å². The zero-order valence-electron chi connectivity index (χ0n) is 15.8. The van der Waals surface area contributed by atoms with Crippen molar-refractivity contribution in [2.24, 2.45) is 10.9 Å². The summed E-state index contributed by atoms with van der Waals surface area (Å²) in [6.45, 7) is 5.91. The molecule has 0 aromatic carbocycles. The number of nitrogens with one attached hydrogen (secondary N) is 2. The third-order valence-corrected chi connectivity index (χ3v) is 4.91. The number of aliphatic imine (C=N–C) groups is 1. The van der Waals surface area contributed by atoms with E-state index >= 15 is 0 Å². The highest BCUT2D eigenvalue weighted by atomic mass is 16.1. The van der Waals surface area contributed by atoms with Gasteiger partial charge in [0.1, 0.15) is 5.82 Å². The maximum atomic E-state index is 11.5. The first-order valence-electron chi connectivity index (χ1n) is 9.28. The van der Waals surface area contributed by atoms with Crippen molar-refractivity contribution in [1.82, 2.24) is 25.1 Å². The number of carbonyl (C=O) groups excluding carboxylic acids is 1. The van der Waals surface area contributed by atoms with Crippen molar-refractivity contribution in [3.8, 4) is 0 Å². The summed E-state index contributed by atoms with van der Waals surface area (Å²) in [5.41, 5.74) is 0. The van der Waals surface area contributed by atoms with Crippen LogP contribution in [0.15, 0.2) is 17.4 Å². The summed E-state index contributed by atoms with van der Waals surface area (Å²) < 4.78 is 2.19. The number of hydrogen-bond acceptors (Lipinski definition) is 3. The molecule has 140 valence electrons. The topological polar surface area (TPSA) is 74.5 Å². The van der Waals surface area contributed by atoms with Gasteiger partial charge in [-0.3, -0.25) is 9.79 Å². The van der Waals surface area contributed by atoms with Crippen LogP contribution in [0.1, 0.15) is 37.9 Å². The summed E-state index contributed by atoms with van der Waals surface area (Å²) in [4.78, 5) is 22.5. The van der Waals surface area contributed by atoms with Crippen LogP contribution in [0.3, 0.4) is 0 Å². The van der Waals surface area contributed by atoms with E-state index in [1.807, 2.05) is 26.4 Å². The Labute approximate surface area is 150 Å². The van der Waals surface area contributed by atoms with Crippen molar-refractivity contribution in [2.45, 2.75) is 45.6 Å². The maximum Gasteiger partial charge on any atom is 0.220 e. The Morgan fingerprint density at radius 2 is 2.12 bits per heavy atom. The van der Waals surface area contributed by atoms with Crippen LogP contribution >= 0.6 is 0 Å². The van der Waals surface area contributed by atoms with E-state index in [4.69, 9.17) is 0 Å². The number of carbonyl (C=O) groups is 1. The van der Waals surface area contributed by atoms with E-state index in [2.05, 4.69) is 30.1 Å². The molecule has 0 aliphatic carbocycles. The SMILES string of the molecule is CN=C(NCCCCn1ccnc1C)N1CCC(CC(=O)NC)CC1. The summed E-state index contributed by atoms with van der Waals surface area (Å²) in [5, 5.41) is 6.19. The second-order valence-corrected chi connectivity index (χ2v) is 6.66. The first kappa shape index (κ1) is 19.3. The molecule has 1 aromatic rings. The van der Waals surface area contributed by atoms with Crippen LogP contribution in [0.25, 0.3) is 0 Å².